The first-order valence-electron chi connectivity index (χ1n) is 7.58. The summed E-state index contributed by atoms with van der Waals surface area (Å²) in [7, 11) is -3.50. The minimum Gasteiger partial charge on any atom is -0.494 e. The van der Waals surface area contributed by atoms with Crippen LogP contribution < -0.4 is 15.2 Å². The Kier molecular flexibility index (Phi) is 6.01. The molecule has 6 heteroatoms. The topological polar surface area (TPSA) is 81.4 Å². The van der Waals surface area contributed by atoms with E-state index in [1.165, 1.54) is 12.1 Å². The molecule has 0 spiro atoms. The van der Waals surface area contributed by atoms with Gasteiger partial charge in [-0.2, -0.15) is 0 Å². The third kappa shape index (κ3) is 5.26. The Morgan fingerprint density at radius 2 is 1.70 bits per heavy atom. The average molecular weight is 334 g/mol. The van der Waals surface area contributed by atoms with E-state index in [2.05, 4.69) is 11.6 Å². The van der Waals surface area contributed by atoms with Gasteiger partial charge < -0.3 is 10.5 Å². The number of anilines is 1. The molecule has 0 aromatic heterocycles. The van der Waals surface area contributed by atoms with Gasteiger partial charge in [0.2, 0.25) is 10.0 Å². The van der Waals surface area contributed by atoms with Gasteiger partial charge in [0.25, 0.3) is 0 Å². The molecule has 0 radical (unpaired) electrons. The van der Waals surface area contributed by atoms with Gasteiger partial charge in [-0.3, -0.25) is 0 Å². The summed E-state index contributed by atoms with van der Waals surface area (Å²) in [6, 6.07) is 13.8. The molecule has 2 rings (SSSR count). The van der Waals surface area contributed by atoms with Crippen LogP contribution in [0.5, 0.6) is 5.75 Å². The van der Waals surface area contributed by atoms with Crippen LogP contribution in [-0.4, -0.2) is 21.6 Å². The highest BCUT2D eigenvalue weighted by Crippen LogP contribution is 2.14. The molecular weight excluding hydrogens is 312 g/mol. The van der Waals surface area contributed by atoms with E-state index in [1.807, 2.05) is 24.3 Å². The highest BCUT2D eigenvalue weighted by molar-refractivity contribution is 7.89. The van der Waals surface area contributed by atoms with E-state index in [1.54, 1.807) is 12.1 Å². The molecule has 0 aliphatic rings. The molecule has 0 amide bonds. The lowest BCUT2D eigenvalue weighted by Crippen LogP contribution is -2.26. The summed E-state index contributed by atoms with van der Waals surface area (Å²) < 4.78 is 32.4. The Bertz CT molecular complexity index is 711. The van der Waals surface area contributed by atoms with Crippen molar-refractivity contribution in [1.29, 1.82) is 0 Å². The van der Waals surface area contributed by atoms with E-state index in [4.69, 9.17) is 10.5 Å². The van der Waals surface area contributed by atoms with Gasteiger partial charge in [0.1, 0.15) is 5.75 Å². The smallest absolute Gasteiger partial charge is 0.240 e. The van der Waals surface area contributed by atoms with Gasteiger partial charge in [-0.05, 0) is 54.8 Å². The number of nitrogens with two attached hydrogens (primary N) is 1. The molecule has 23 heavy (non-hydrogen) atoms. The van der Waals surface area contributed by atoms with Gasteiger partial charge in [-0.1, -0.05) is 19.1 Å². The first-order chi connectivity index (χ1) is 11.0. The summed E-state index contributed by atoms with van der Waals surface area (Å²) in [6.45, 7) is 3.09. The quantitative estimate of drug-likeness (QED) is 0.727. The van der Waals surface area contributed by atoms with Gasteiger partial charge in [0.05, 0.1) is 11.5 Å². The van der Waals surface area contributed by atoms with Gasteiger partial charge in [0.15, 0.2) is 0 Å². The fourth-order valence-electron chi connectivity index (χ4n) is 2.03. The maximum absolute atomic E-state index is 12.1. The highest BCUT2D eigenvalue weighted by Gasteiger charge is 2.12. The second kappa shape index (κ2) is 7.99. The Hall–Kier alpha value is -2.05. The molecule has 124 valence electrons. The van der Waals surface area contributed by atoms with E-state index < -0.39 is 10.0 Å². The predicted octanol–water partition coefficient (Wildman–Crippen LogP) is 2.58. The first-order valence-corrected chi connectivity index (χ1v) is 9.06. The molecule has 2 aromatic carbocycles. The lowest BCUT2D eigenvalue weighted by atomic mass is 10.1. The van der Waals surface area contributed by atoms with Crippen molar-refractivity contribution < 1.29 is 13.2 Å². The fraction of sp³-hybridized carbons (Fsp3) is 0.294. The third-order valence-corrected chi connectivity index (χ3v) is 4.77. The summed E-state index contributed by atoms with van der Waals surface area (Å²) in [5.41, 5.74) is 7.15. The monoisotopic (exact) mass is 334 g/mol. The number of ether oxygens (including phenoxy) is 1. The Balaban J connectivity index is 1.87. The molecule has 0 aliphatic heterocycles. The molecule has 0 heterocycles. The largest absolute Gasteiger partial charge is 0.494 e. The van der Waals surface area contributed by atoms with Gasteiger partial charge >= 0.3 is 0 Å². The standard InChI is InChI=1S/C17H22N2O3S/c1-2-13-22-16-7-3-14(4-8-16)11-12-19-23(20,21)17-9-5-15(18)6-10-17/h3-10,19H,2,11-13,18H2,1H3. The van der Waals surface area contributed by atoms with Gasteiger partial charge in [-0.15, -0.1) is 0 Å². The molecule has 5 nitrogen and oxygen atoms in total. The normalized spacial score (nSPS) is 11.3. The molecule has 0 saturated heterocycles. The molecular formula is C17H22N2O3S. The SMILES string of the molecule is CCCOc1ccc(CCNS(=O)(=O)c2ccc(N)cc2)cc1. The van der Waals surface area contributed by atoms with Crippen molar-refractivity contribution in [2.45, 2.75) is 24.7 Å². The van der Waals surface area contributed by atoms with Crippen LogP contribution >= 0.6 is 0 Å². The molecule has 2 aromatic rings. The number of hydrogen-bond donors (Lipinski definition) is 2. The van der Waals surface area contributed by atoms with Crippen molar-refractivity contribution in [3.05, 3.63) is 54.1 Å². The van der Waals surface area contributed by atoms with Crippen molar-refractivity contribution in [2.24, 2.45) is 0 Å². The number of nitrogens with one attached hydrogen (secondary N) is 1. The van der Waals surface area contributed by atoms with Crippen molar-refractivity contribution in [1.82, 2.24) is 4.72 Å². The minimum atomic E-state index is -3.50. The molecule has 0 atom stereocenters. The van der Waals surface area contributed by atoms with Crippen molar-refractivity contribution in [2.75, 3.05) is 18.9 Å². The lowest BCUT2D eigenvalue weighted by Gasteiger charge is -2.08. The zero-order valence-corrected chi connectivity index (χ0v) is 14.0. The van der Waals surface area contributed by atoms with Crippen LogP contribution in [0.15, 0.2) is 53.4 Å². The van der Waals surface area contributed by atoms with Crippen LogP contribution in [0.25, 0.3) is 0 Å². The van der Waals surface area contributed by atoms with Crippen molar-refractivity contribution in [3.63, 3.8) is 0 Å². The van der Waals surface area contributed by atoms with Gasteiger partial charge in [0, 0.05) is 12.2 Å². The Morgan fingerprint density at radius 3 is 2.30 bits per heavy atom. The summed E-state index contributed by atoms with van der Waals surface area (Å²) in [4.78, 5) is 0.218. The van der Waals surface area contributed by atoms with Crippen LogP contribution in [0.1, 0.15) is 18.9 Å². The average Bonchev–Trinajstić information content (AvgIpc) is 2.54. The molecule has 3 N–H and O–H groups in total. The molecule has 0 aliphatic carbocycles. The maximum atomic E-state index is 12.1. The minimum absolute atomic E-state index is 0.218. The van der Waals surface area contributed by atoms with E-state index in [0.717, 1.165) is 17.7 Å². The second-order valence-corrected chi connectivity index (χ2v) is 6.98. The second-order valence-electron chi connectivity index (χ2n) is 5.21. The van der Waals surface area contributed by atoms with Crippen LogP contribution in [-0.2, 0) is 16.4 Å². The van der Waals surface area contributed by atoms with Crippen molar-refractivity contribution in [3.8, 4) is 5.75 Å². The number of rotatable bonds is 8. The van der Waals surface area contributed by atoms with E-state index in [0.29, 0.717) is 25.3 Å². The number of hydrogen-bond acceptors (Lipinski definition) is 4. The van der Waals surface area contributed by atoms with Crippen LogP contribution in [0, 0.1) is 0 Å². The van der Waals surface area contributed by atoms with Crippen LogP contribution in [0.3, 0.4) is 0 Å². The van der Waals surface area contributed by atoms with E-state index in [9.17, 15) is 8.42 Å². The number of sulfonamides is 1. The predicted molar refractivity (Wildman–Crippen MR) is 92.0 cm³/mol. The fourth-order valence-corrected chi connectivity index (χ4v) is 3.06. The molecule has 0 bridgehead atoms. The first kappa shape index (κ1) is 17.3. The summed E-state index contributed by atoms with van der Waals surface area (Å²) in [5, 5.41) is 0. The van der Waals surface area contributed by atoms with Crippen molar-refractivity contribution >= 4 is 15.7 Å². The summed E-state index contributed by atoms with van der Waals surface area (Å²) >= 11 is 0. The summed E-state index contributed by atoms with van der Waals surface area (Å²) in [6.07, 6.45) is 1.58. The molecule has 0 saturated carbocycles. The Labute approximate surface area is 137 Å². The zero-order chi connectivity index (χ0) is 16.7. The zero-order valence-electron chi connectivity index (χ0n) is 13.2. The highest BCUT2D eigenvalue weighted by atomic mass is 32.2. The number of benzene rings is 2. The summed E-state index contributed by atoms with van der Waals surface area (Å²) in [5.74, 6) is 0.832. The van der Waals surface area contributed by atoms with Crippen LogP contribution in [0.2, 0.25) is 0 Å². The molecule has 0 unspecified atom stereocenters. The molecule has 0 fully saturated rings. The van der Waals surface area contributed by atoms with Crippen LogP contribution in [0.4, 0.5) is 5.69 Å². The lowest BCUT2D eigenvalue weighted by molar-refractivity contribution is 0.317. The number of nitrogen functional groups attached to an aromatic ring is 1. The maximum Gasteiger partial charge on any atom is 0.240 e. The van der Waals surface area contributed by atoms with E-state index >= 15 is 0 Å². The van der Waals surface area contributed by atoms with Gasteiger partial charge in [-0.25, -0.2) is 13.1 Å². The third-order valence-electron chi connectivity index (χ3n) is 3.29. The van der Waals surface area contributed by atoms with E-state index in [-0.39, 0.29) is 4.90 Å². The Morgan fingerprint density at radius 1 is 1.04 bits per heavy atom.